The van der Waals surface area contributed by atoms with Gasteiger partial charge in [-0.3, -0.25) is 0 Å². The molecule has 1 aromatic carbocycles. The topological polar surface area (TPSA) is 0 Å². The molecule has 136 valence electrons. The van der Waals surface area contributed by atoms with Crippen LogP contribution in [0.1, 0.15) is 20.8 Å². The zero-order chi connectivity index (χ0) is 14.9. The average molecular weight is 450 g/mol. The van der Waals surface area contributed by atoms with E-state index in [1.807, 2.05) is 0 Å². The quantitative estimate of drug-likeness (QED) is 0.325. The van der Waals surface area contributed by atoms with Gasteiger partial charge in [-0.2, -0.15) is 5.92 Å². The Balaban J connectivity index is 0. The molecule has 4 atom stereocenters. The van der Waals surface area contributed by atoms with Gasteiger partial charge in [0.25, 0.3) is 0 Å². The number of benzene rings is 1. The number of fused-ring (bicyclic) bond motifs is 1. The molecule has 0 radical (unpaired) electrons. The number of hydrogen-bond donors (Lipinski definition) is 0. The molecule has 1 saturated carbocycles. The fraction of sp³-hybridized carbons (Fsp3) is 0.450. The summed E-state index contributed by atoms with van der Waals surface area (Å²) in [6.45, 7) is 7.33. The summed E-state index contributed by atoms with van der Waals surface area (Å²) in [5, 5.41) is 1.67. The second-order valence-corrected chi connectivity index (χ2v) is 11.7. The van der Waals surface area contributed by atoms with Crippen molar-refractivity contribution in [3.8, 4) is 0 Å². The van der Waals surface area contributed by atoms with Crippen molar-refractivity contribution in [3.63, 3.8) is 0 Å². The van der Waals surface area contributed by atoms with Crippen LogP contribution in [0.3, 0.4) is 0 Å². The molecule has 0 N–H and O–H groups in total. The zero-order valence-electron chi connectivity index (χ0n) is 15.1. The van der Waals surface area contributed by atoms with Gasteiger partial charge in [0.15, 0.2) is 0 Å². The Kier molecular flexibility index (Phi) is 13.4. The van der Waals surface area contributed by atoms with Crippen LogP contribution >= 0.6 is 0 Å². The van der Waals surface area contributed by atoms with Gasteiger partial charge in [0.2, 0.25) is 0 Å². The van der Waals surface area contributed by atoms with E-state index in [1.165, 1.54) is 12.1 Å². The minimum Gasteiger partial charge on any atom is -1.00 e. The second kappa shape index (κ2) is 12.1. The standard InChI is InChI=1S/C20H27Si.3ClH.Ti/c1-4-21(5-2,18-12-7-6-8-13-18)20-16(3)15-17-11-9-10-14-19(17)20;;;;/h6-17,19-20H,4-5H2,1-3H3;3*1H;/q-1;;;;+4/p-3. The van der Waals surface area contributed by atoms with Gasteiger partial charge in [0, 0.05) is 0 Å². The molecule has 3 rings (SSSR count). The van der Waals surface area contributed by atoms with Crippen LogP contribution in [0, 0.1) is 24.2 Å². The monoisotopic (exact) mass is 448 g/mol. The van der Waals surface area contributed by atoms with Crippen LogP contribution in [0.2, 0.25) is 17.6 Å². The van der Waals surface area contributed by atoms with Crippen molar-refractivity contribution in [2.45, 2.75) is 38.4 Å². The molecule has 0 saturated heterocycles. The Morgan fingerprint density at radius 3 is 2.04 bits per heavy atom. The summed E-state index contributed by atoms with van der Waals surface area (Å²) in [6, 6.07) is 14.2. The average Bonchev–Trinajstić information content (AvgIpc) is 2.87. The minimum atomic E-state index is -1.47. The van der Waals surface area contributed by atoms with Crippen molar-refractivity contribution in [3.05, 3.63) is 61.1 Å². The molecule has 1 fully saturated rings. The molecule has 0 heterocycles. The predicted octanol–water partition coefficient (Wildman–Crippen LogP) is -4.03. The SMILES string of the molecule is CC[Si](CC)(c1ccccc1)C1C(C)[CH-]C2C=CC=CC21.[Cl-].[Cl-].[Cl-].[Ti+4]. The van der Waals surface area contributed by atoms with Crippen LogP contribution in [0.4, 0.5) is 0 Å². The van der Waals surface area contributed by atoms with E-state index in [0.29, 0.717) is 5.92 Å². The minimum absolute atomic E-state index is 0. The molecule has 0 spiro atoms. The molecule has 2 aliphatic carbocycles. The van der Waals surface area contributed by atoms with Gasteiger partial charge in [-0.15, -0.1) is 12.0 Å². The fourth-order valence-electron chi connectivity index (χ4n) is 4.98. The maximum Gasteiger partial charge on any atom is 4.00 e. The van der Waals surface area contributed by atoms with Gasteiger partial charge in [0.05, 0.1) is 8.07 Å². The maximum absolute atomic E-state index is 2.62. The Labute approximate surface area is 188 Å². The molecule has 0 bridgehead atoms. The zero-order valence-corrected chi connectivity index (χ0v) is 20.0. The first-order valence-corrected chi connectivity index (χ1v) is 11.0. The van der Waals surface area contributed by atoms with E-state index in [9.17, 15) is 0 Å². The Morgan fingerprint density at radius 1 is 0.920 bits per heavy atom. The van der Waals surface area contributed by atoms with E-state index < -0.39 is 8.07 Å². The molecule has 2 aliphatic rings. The van der Waals surface area contributed by atoms with Gasteiger partial charge >= 0.3 is 21.7 Å². The maximum atomic E-state index is 2.62. The second-order valence-electron chi connectivity index (χ2n) is 6.73. The first-order valence-electron chi connectivity index (χ1n) is 8.48. The Bertz CT molecular complexity index is 543. The van der Waals surface area contributed by atoms with Crippen molar-refractivity contribution >= 4 is 13.3 Å². The van der Waals surface area contributed by atoms with E-state index in [4.69, 9.17) is 0 Å². The summed E-state index contributed by atoms with van der Waals surface area (Å²) in [6.07, 6.45) is 12.0. The van der Waals surface area contributed by atoms with Gasteiger partial charge in [-0.1, -0.05) is 92.1 Å². The summed E-state index contributed by atoms with van der Waals surface area (Å²) in [4.78, 5) is 0. The van der Waals surface area contributed by atoms with Crippen molar-refractivity contribution < 1.29 is 58.9 Å². The molecular weight excluding hydrogens is 423 g/mol. The smallest absolute Gasteiger partial charge is 1.00 e. The normalized spacial score (nSPS) is 26.4. The van der Waals surface area contributed by atoms with Crippen LogP contribution in [0.15, 0.2) is 54.6 Å². The van der Waals surface area contributed by atoms with E-state index in [0.717, 1.165) is 17.4 Å². The van der Waals surface area contributed by atoms with Gasteiger partial charge in [0.1, 0.15) is 0 Å². The summed E-state index contributed by atoms with van der Waals surface area (Å²) in [5.41, 5.74) is 0.848. The number of allylic oxidation sites excluding steroid dienone is 4. The third-order valence-electron chi connectivity index (χ3n) is 5.98. The van der Waals surface area contributed by atoms with Crippen molar-refractivity contribution in [2.24, 2.45) is 17.8 Å². The van der Waals surface area contributed by atoms with E-state index in [-0.39, 0.29) is 58.9 Å². The van der Waals surface area contributed by atoms with Gasteiger partial charge in [-0.25, -0.2) is 0 Å². The fourth-order valence-corrected chi connectivity index (χ4v) is 10.7. The van der Waals surface area contributed by atoms with Crippen molar-refractivity contribution in [2.75, 3.05) is 0 Å². The first kappa shape index (κ1) is 27.7. The van der Waals surface area contributed by atoms with Crippen LogP contribution in [0.5, 0.6) is 0 Å². The van der Waals surface area contributed by atoms with Crippen LogP contribution in [0.25, 0.3) is 0 Å². The Morgan fingerprint density at radius 2 is 1.48 bits per heavy atom. The molecule has 4 unspecified atom stereocenters. The summed E-state index contributed by atoms with van der Waals surface area (Å²) < 4.78 is 0. The van der Waals surface area contributed by atoms with Crippen molar-refractivity contribution in [1.82, 2.24) is 0 Å². The van der Waals surface area contributed by atoms with Crippen LogP contribution in [-0.4, -0.2) is 8.07 Å². The summed E-state index contributed by atoms with van der Waals surface area (Å²) in [5.74, 6) is 2.14. The largest absolute Gasteiger partial charge is 4.00 e. The van der Waals surface area contributed by atoms with E-state index in [1.54, 1.807) is 5.19 Å². The van der Waals surface area contributed by atoms with Crippen LogP contribution < -0.4 is 42.4 Å². The molecule has 0 aliphatic heterocycles. The molecule has 0 nitrogen and oxygen atoms in total. The molecule has 0 amide bonds. The molecular formula is C20H27Cl3SiTi. The van der Waals surface area contributed by atoms with E-state index >= 15 is 0 Å². The molecule has 1 aromatic rings. The van der Waals surface area contributed by atoms with Crippen molar-refractivity contribution in [1.29, 1.82) is 0 Å². The summed E-state index contributed by atoms with van der Waals surface area (Å²) >= 11 is 0. The Hall–Kier alpha value is 0.501. The van der Waals surface area contributed by atoms with Crippen LogP contribution in [-0.2, 0) is 21.7 Å². The predicted molar refractivity (Wildman–Crippen MR) is 95.3 cm³/mol. The first-order chi connectivity index (χ1) is 10.2. The number of hydrogen-bond acceptors (Lipinski definition) is 0. The third-order valence-corrected chi connectivity index (χ3v) is 12.2. The summed E-state index contributed by atoms with van der Waals surface area (Å²) in [7, 11) is -1.47. The van der Waals surface area contributed by atoms with Gasteiger partial charge in [-0.05, 0) is 5.92 Å². The van der Waals surface area contributed by atoms with E-state index in [2.05, 4.69) is 81.8 Å². The van der Waals surface area contributed by atoms with Gasteiger partial charge < -0.3 is 43.6 Å². The molecule has 25 heavy (non-hydrogen) atoms. The third kappa shape index (κ3) is 5.06. The molecule has 5 heteroatoms. The number of rotatable bonds is 4. The molecule has 0 aromatic heterocycles. The number of halogens is 3.